The normalized spacial score (nSPS) is 14.8. The minimum Gasteiger partial charge on any atom is -0.396 e. The van der Waals surface area contributed by atoms with Gasteiger partial charge in [0.25, 0.3) is 0 Å². The van der Waals surface area contributed by atoms with E-state index in [1.165, 1.54) is 6.07 Å². The third-order valence-electron chi connectivity index (χ3n) is 2.71. The summed E-state index contributed by atoms with van der Waals surface area (Å²) in [5, 5.41) is 12.5. The molecule has 2 unspecified atom stereocenters. The van der Waals surface area contributed by atoms with Crippen LogP contribution in [0, 0.1) is 11.7 Å². The number of aliphatic hydroxyl groups excluding tert-OH is 1. The van der Waals surface area contributed by atoms with E-state index in [9.17, 15) is 9.50 Å². The molecule has 0 aromatic heterocycles. The van der Waals surface area contributed by atoms with Gasteiger partial charge in [-0.2, -0.15) is 0 Å². The smallest absolute Gasteiger partial charge is 0.127 e. The number of nitrogens with one attached hydrogen (secondary N) is 1. The zero-order valence-electron chi connectivity index (χ0n) is 9.91. The van der Waals surface area contributed by atoms with Crippen LogP contribution < -0.4 is 5.32 Å². The van der Waals surface area contributed by atoms with Crippen molar-refractivity contribution >= 4 is 0 Å². The summed E-state index contributed by atoms with van der Waals surface area (Å²) >= 11 is 0. The number of hydrogen-bond acceptors (Lipinski definition) is 2. The van der Waals surface area contributed by atoms with Crippen LogP contribution in [0.3, 0.4) is 0 Å². The maximum absolute atomic E-state index is 13.6. The number of aliphatic hydroxyl groups is 1. The molecular weight excluding hydrogens is 205 g/mol. The third kappa shape index (κ3) is 3.29. The molecule has 0 fully saturated rings. The molecule has 0 bridgehead atoms. The van der Waals surface area contributed by atoms with Crippen LogP contribution >= 0.6 is 0 Å². The van der Waals surface area contributed by atoms with Crippen LogP contribution in [-0.4, -0.2) is 18.3 Å². The third-order valence-corrected chi connectivity index (χ3v) is 2.71. The molecule has 2 atom stereocenters. The fraction of sp³-hybridized carbons (Fsp3) is 0.538. The Kier molecular flexibility index (Phi) is 5.43. The Morgan fingerprint density at radius 1 is 1.38 bits per heavy atom. The van der Waals surface area contributed by atoms with Gasteiger partial charge in [0, 0.05) is 18.2 Å². The topological polar surface area (TPSA) is 32.3 Å². The summed E-state index contributed by atoms with van der Waals surface area (Å²) in [6, 6.07) is 6.61. The van der Waals surface area contributed by atoms with Crippen molar-refractivity contribution in [3.8, 4) is 0 Å². The van der Waals surface area contributed by atoms with Gasteiger partial charge in [-0.15, -0.1) is 0 Å². The number of halogens is 1. The predicted octanol–water partition coefficient (Wildman–Crippen LogP) is 2.49. The van der Waals surface area contributed by atoms with Gasteiger partial charge in [-0.1, -0.05) is 32.0 Å². The molecule has 0 saturated heterocycles. The maximum Gasteiger partial charge on any atom is 0.127 e. The summed E-state index contributed by atoms with van der Waals surface area (Å²) in [4.78, 5) is 0. The van der Waals surface area contributed by atoms with Crippen LogP contribution in [0.4, 0.5) is 4.39 Å². The van der Waals surface area contributed by atoms with E-state index in [-0.39, 0.29) is 24.4 Å². The summed E-state index contributed by atoms with van der Waals surface area (Å²) in [6.07, 6.45) is 0.989. The molecule has 0 spiro atoms. The molecular formula is C13H20FNO. The summed E-state index contributed by atoms with van der Waals surface area (Å²) in [5.74, 6) is -0.208. The second-order valence-electron chi connectivity index (χ2n) is 4.11. The van der Waals surface area contributed by atoms with Gasteiger partial charge in [0.2, 0.25) is 0 Å². The molecule has 3 heteroatoms. The zero-order valence-corrected chi connectivity index (χ0v) is 9.91. The molecule has 0 saturated carbocycles. The van der Waals surface area contributed by atoms with Gasteiger partial charge in [0.05, 0.1) is 0 Å². The molecule has 1 aromatic rings. The zero-order chi connectivity index (χ0) is 12.0. The highest BCUT2D eigenvalue weighted by atomic mass is 19.1. The molecule has 0 aliphatic heterocycles. The van der Waals surface area contributed by atoms with Crippen molar-refractivity contribution in [2.75, 3.05) is 13.2 Å². The second-order valence-corrected chi connectivity index (χ2v) is 4.11. The molecule has 0 amide bonds. The molecule has 0 aliphatic carbocycles. The average Bonchev–Trinajstić information content (AvgIpc) is 2.31. The fourth-order valence-electron chi connectivity index (χ4n) is 1.75. The van der Waals surface area contributed by atoms with Crippen LogP contribution in [0.5, 0.6) is 0 Å². The summed E-state index contributed by atoms with van der Waals surface area (Å²) in [6.45, 7) is 4.86. The Hall–Kier alpha value is -0.930. The molecule has 2 N–H and O–H groups in total. The summed E-state index contributed by atoms with van der Waals surface area (Å²) < 4.78 is 13.6. The lowest BCUT2D eigenvalue weighted by Crippen LogP contribution is -2.30. The lowest BCUT2D eigenvalue weighted by Gasteiger charge is -2.24. The molecule has 90 valence electrons. The van der Waals surface area contributed by atoms with Gasteiger partial charge in [-0.25, -0.2) is 4.39 Å². The van der Waals surface area contributed by atoms with E-state index in [4.69, 9.17) is 0 Å². The van der Waals surface area contributed by atoms with Crippen LogP contribution in [0.25, 0.3) is 0 Å². The van der Waals surface area contributed by atoms with E-state index in [1.807, 2.05) is 13.0 Å². The van der Waals surface area contributed by atoms with E-state index >= 15 is 0 Å². The first-order valence-corrected chi connectivity index (χ1v) is 5.79. The Morgan fingerprint density at radius 2 is 2.06 bits per heavy atom. The number of rotatable bonds is 6. The largest absolute Gasteiger partial charge is 0.396 e. The number of benzene rings is 1. The minimum absolute atomic E-state index is 0.00319. The van der Waals surface area contributed by atoms with Crippen LogP contribution in [0.1, 0.15) is 31.9 Å². The number of hydrogen-bond donors (Lipinski definition) is 2. The van der Waals surface area contributed by atoms with Crippen LogP contribution in [-0.2, 0) is 0 Å². The Balaban J connectivity index is 2.87. The highest BCUT2D eigenvalue weighted by Crippen LogP contribution is 2.23. The van der Waals surface area contributed by atoms with Crippen molar-refractivity contribution in [1.82, 2.24) is 5.32 Å². The lowest BCUT2D eigenvalue weighted by atomic mass is 9.94. The van der Waals surface area contributed by atoms with Gasteiger partial charge < -0.3 is 10.4 Å². The Morgan fingerprint density at radius 3 is 2.62 bits per heavy atom. The molecule has 0 aliphatic rings. The van der Waals surface area contributed by atoms with E-state index in [1.54, 1.807) is 12.1 Å². The highest BCUT2D eigenvalue weighted by Gasteiger charge is 2.20. The summed E-state index contributed by atoms with van der Waals surface area (Å²) in [7, 11) is 0. The second kappa shape index (κ2) is 6.61. The molecule has 1 aromatic carbocycles. The van der Waals surface area contributed by atoms with E-state index < -0.39 is 0 Å². The van der Waals surface area contributed by atoms with Gasteiger partial charge in [0.15, 0.2) is 0 Å². The molecule has 0 heterocycles. The van der Waals surface area contributed by atoms with Gasteiger partial charge in [-0.05, 0) is 24.9 Å². The van der Waals surface area contributed by atoms with Crippen molar-refractivity contribution in [2.45, 2.75) is 26.3 Å². The first-order valence-electron chi connectivity index (χ1n) is 5.79. The van der Waals surface area contributed by atoms with Gasteiger partial charge in [0.1, 0.15) is 5.82 Å². The van der Waals surface area contributed by atoms with Gasteiger partial charge in [-0.3, -0.25) is 0 Å². The van der Waals surface area contributed by atoms with Crippen molar-refractivity contribution in [3.63, 3.8) is 0 Å². The standard InChI is InChI=1S/C13H20FNO/c1-3-8-15-13(10(2)9-16)11-6-4-5-7-12(11)14/h4-7,10,13,15-16H,3,8-9H2,1-2H3. The van der Waals surface area contributed by atoms with Crippen molar-refractivity contribution in [1.29, 1.82) is 0 Å². The fourth-order valence-corrected chi connectivity index (χ4v) is 1.75. The molecule has 16 heavy (non-hydrogen) atoms. The monoisotopic (exact) mass is 225 g/mol. The SMILES string of the molecule is CCCNC(c1ccccc1F)C(C)CO. The highest BCUT2D eigenvalue weighted by molar-refractivity contribution is 5.21. The van der Waals surface area contributed by atoms with E-state index in [0.717, 1.165) is 13.0 Å². The minimum atomic E-state index is -0.212. The van der Waals surface area contributed by atoms with Gasteiger partial charge >= 0.3 is 0 Å². The average molecular weight is 225 g/mol. The van der Waals surface area contributed by atoms with Crippen molar-refractivity contribution in [3.05, 3.63) is 35.6 Å². The van der Waals surface area contributed by atoms with E-state index in [0.29, 0.717) is 5.56 Å². The summed E-state index contributed by atoms with van der Waals surface area (Å²) in [5.41, 5.74) is 0.637. The Bertz CT molecular complexity index is 317. The van der Waals surface area contributed by atoms with E-state index in [2.05, 4.69) is 12.2 Å². The Labute approximate surface area is 96.5 Å². The molecule has 2 nitrogen and oxygen atoms in total. The quantitative estimate of drug-likeness (QED) is 0.779. The molecule has 1 rings (SSSR count). The van der Waals surface area contributed by atoms with Crippen molar-refractivity contribution < 1.29 is 9.50 Å². The predicted molar refractivity (Wildman–Crippen MR) is 63.7 cm³/mol. The van der Waals surface area contributed by atoms with Crippen LogP contribution in [0.15, 0.2) is 24.3 Å². The first kappa shape index (κ1) is 13.1. The maximum atomic E-state index is 13.6. The van der Waals surface area contributed by atoms with Crippen molar-refractivity contribution in [2.24, 2.45) is 5.92 Å². The van der Waals surface area contributed by atoms with Crippen LogP contribution in [0.2, 0.25) is 0 Å². The molecule has 0 radical (unpaired) electrons. The lowest BCUT2D eigenvalue weighted by molar-refractivity contribution is 0.200. The first-order chi connectivity index (χ1) is 7.70.